The summed E-state index contributed by atoms with van der Waals surface area (Å²) in [4.78, 5) is 4.36. The molecule has 0 fully saturated rings. The maximum absolute atomic E-state index is 5.79. The second kappa shape index (κ2) is 3.42. The molecular formula is C12H14N2O. The van der Waals surface area contributed by atoms with Crippen LogP contribution in [0.2, 0.25) is 0 Å². The summed E-state index contributed by atoms with van der Waals surface area (Å²) in [5.74, 6) is 1.33. The molecule has 1 aromatic heterocycles. The van der Waals surface area contributed by atoms with Crippen molar-refractivity contribution in [3.05, 3.63) is 29.3 Å². The van der Waals surface area contributed by atoms with Gasteiger partial charge in [-0.1, -0.05) is 6.07 Å². The molecule has 0 radical (unpaired) electrons. The number of nitrogen functional groups attached to an aromatic ring is 1. The molecule has 2 aromatic rings. The maximum Gasteiger partial charge on any atom is 0.145 e. The lowest BCUT2D eigenvalue weighted by molar-refractivity contribution is 0.419. The average Bonchev–Trinajstić information content (AvgIpc) is 2.22. The van der Waals surface area contributed by atoms with Crippen LogP contribution in [0.25, 0.3) is 10.9 Å². The molecule has 0 aliphatic heterocycles. The van der Waals surface area contributed by atoms with E-state index in [1.165, 1.54) is 5.56 Å². The fraction of sp³-hybridized carbons (Fsp3) is 0.250. The summed E-state index contributed by atoms with van der Waals surface area (Å²) < 4.78 is 5.26. The van der Waals surface area contributed by atoms with Crippen molar-refractivity contribution in [1.29, 1.82) is 0 Å². The third-order valence-electron chi connectivity index (χ3n) is 2.62. The molecule has 0 aliphatic rings. The van der Waals surface area contributed by atoms with Crippen molar-refractivity contribution in [2.75, 3.05) is 12.8 Å². The lowest BCUT2D eigenvalue weighted by Gasteiger charge is -2.09. The minimum absolute atomic E-state index is 0.561. The minimum Gasteiger partial charge on any atom is -0.494 e. The van der Waals surface area contributed by atoms with Gasteiger partial charge in [0.25, 0.3) is 0 Å². The van der Waals surface area contributed by atoms with Gasteiger partial charge in [0.1, 0.15) is 17.1 Å². The van der Waals surface area contributed by atoms with Crippen molar-refractivity contribution >= 4 is 16.7 Å². The molecule has 0 bridgehead atoms. The van der Waals surface area contributed by atoms with Crippen molar-refractivity contribution in [2.24, 2.45) is 0 Å². The fourth-order valence-corrected chi connectivity index (χ4v) is 1.65. The molecule has 3 heteroatoms. The van der Waals surface area contributed by atoms with Crippen molar-refractivity contribution in [2.45, 2.75) is 13.8 Å². The van der Waals surface area contributed by atoms with Crippen LogP contribution < -0.4 is 10.5 Å². The molecule has 0 spiro atoms. The first kappa shape index (κ1) is 9.77. The Morgan fingerprint density at radius 1 is 1.20 bits per heavy atom. The molecule has 2 rings (SSSR count). The smallest absolute Gasteiger partial charge is 0.145 e. The van der Waals surface area contributed by atoms with Crippen LogP contribution >= 0.6 is 0 Å². The molecular weight excluding hydrogens is 188 g/mol. The number of nitrogens with zero attached hydrogens (tertiary/aromatic N) is 1. The van der Waals surface area contributed by atoms with Crippen LogP contribution in [0.15, 0.2) is 18.2 Å². The highest BCUT2D eigenvalue weighted by molar-refractivity contribution is 5.89. The van der Waals surface area contributed by atoms with Crippen LogP contribution in [0.3, 0.4) is 0 Å². The highest BCUT2D eigenvalue weighted by Crippen LogP contribution is 2.28. The third kappa shape index (κ3) is 1.50. The number of aromatic nitrogens is 1. The number of benzene rings is 1. The van der Waals surface area contributed by atoms with Crippen molar-refractivity contribution in [3.8, 4) is 5.75 Å². The molecule has 1 aromatic carbocycles. The van der Waals surface area contributed by atoms with Gasteiger partial charge in [-0.25, -0.2) is 4.98 Å². The van der Waals surface area contributed by atoms with Gasteiger partial charge in [0.05, 0.1) is 7.11 Å². The number of anilines is 1. The van der Waals surface area contributed by atoms with Gasteiger partial charge in [-0.15, -0.1) is 0 Å². The number of methoxy groups -OCH3 is 1. The van der Waals surface area contributed by atoms with Gasteiger partial charge in [0.2, 0.25) is 0 Å². The van der Waals surface area contributed by atoms with E-state index >= 15 is 0 Å². The van der Waals surface area contributed by atoms with E-state index < -0.39 is 0 Å². The van der Waals surface area contributed by atoms with Crippen LogP contribution in [0.5, 0.6) is 5.75 Å². The Morgan fingerprint density at radius 3 is 2.60 bits per heavy atom. The first-order valence-electron chi connectivity index (χ1n) is 4.84. The summed E-state index contributed by atoms with van der Waals surface area (Å²) in [5.41, 5.74) is 8.81. The van der Waals surface area contributed by atoms with Gasteiger partial charge in [-0.05, 0) is 37.1 Å². The molecule has 0 unspecified atom stereocenters. The Morgan fingerprint density at radius 2 is 1.93 bits per heavy atom. The normalized spacial score (nSPS) is 10.6. The van der Waals surface area contributed by atoms with Crippen LogP contribution in [0.4, 0.5) is 5.82 Å². The third-order valence-corrected chi connectivity index (χ3v) is 2.62. The summed E-state index contributed by atoms with van der Waals surface area (Å²) in [5, 5.41) is 1.10. The highest BCUT2D eigenvalue weighted by Gasteiger charge is 2.07. The van der Waals surface area contributed by atoms with Gasteiger partial charge >= 0.3 is 0 Å². The summed E-state index contributed by atoms with van der Waals surface area (Å²) in [6.07, 6.45) is 0. The zero-order chi connectivity index (χ0) is 11.0. The fourth-order valence-electron chi connectivity index (χ4n) is 1.65. The van der Waals surface area contributed by atoms with Crippen LogP contribution in [-0.2, 0) is 0 Å². The molecule has 78 valence electrons. The Labute approximate surface area is 88.9 Å². The Balaban J connectivity index is 2.88. The summed E-state index contributed by atoms with van der Waals surface area (Å²) in [7, 11) is 1.64. The first-order valence-corrected chi connectivity index (χ1v) is 4.84. The van der Waals surface area contributed by atoms with E-state index in [0.717, 1.165) is 22.2 Å². The number of aryl methyl sites for hydroxylation is 2. The number of rotatable bonds is 1. The number of nitrogens with two attached hydrogens (primary N) is 1. The van der Waals surface area contributed by atoms with Crippen LogP contribution in [0.1, 0.15) is 11.1 Å². The van der Waals surface area contributed by atoms with E-state index in [-0.39, 0.29) is 0 Å². The van der Waals surface area contributed by atoms with Crippen molar-refractivity contribution < 1.29 is 4.74 Å². The van der Waals surface area contributed by atoms with E-state index in [1.54, 1.807) is 7.11 Å². The van der Waals surface area contributed by atoms with Gasteiger partial charge in [0.15, 0.2) is 0 Å². The second-order valence-corrected chi connectivity index (χ2v) is 3.67. The number of hydrogen-bond donors (Lipinski definition) is 1. The lowest BCUT2D eigenvalue weighted by atomic mass is 10.1. The van der Waals surface area contributed by atoms with E-state index in [1.807, 2.05) is 19.1 Å². The van der Waals surface area contributed by atoms with Gasteiger partial charge in [0, 0.05) is 5.39 Å². The van der Waals surface area contributed by atoms with Gasteiger partial charge in [-0.2, -0.15) is 0 Å². The molecule has 0 atom stereocenters. The zero-order valence-corrected chi connectivity index (χ0v) is 9.16. The Bertz CT molecular complexity index is 521. The Kier molecular flexibility index (Phi) is 2.23. The molecule has 0 aliphatic carbocycles. The van der Waals surface area contributed by atoms with E-state index in [9.17, 15) is 0 Å². The number of pyridine rings is 1. The average molecular weight is 202 g/mol. The Hall–Kier alpha value is -1.77. The molecule has 0 saturated carbocycles. The van der Waals surface area contributed by atoms with Gasteiger partial charge < -0.3 is 10.5 Å². The quantitative estimate of drug-likeness (QED) is 0.772. The second-order valence-electron chi connectivity index (χ2n) is 3.67. The predicted molar refractivity (Wildman–Crippen MR) is 62.2 cm³/mol. The maximum atomic E-state index is 5.79. The lowest BCUT2D eigenvalue weighted by Crippen LogP contribution is -1.97. The molecule has 0 amide bonds. The van der Waals surface area contributed by atoms with Crippen molar-refractivity contribution in [3.63, 3.8) is 0 Å². The molecule has 2 N–H and O–H groups in total. The number of ether oxygens (including phenoxy) is 1. The molecule has 0 saturated heterocycles. The highest BCUT2D eigenvalue weighted by atomic mass is 16.5. The SMILES string of the molecule is COc1ccc(C)c2cc(C)c(N)nc12. The van der Waals surface area contributed by atoms with Crippen molar-refractivity contribution in [1.82, 2.24) is 4.98 Å². The summed E-state index contributed by atoms with van der Waals surface area (Å²) >= 11 is 0. The van der Waals surface area contributed by atoms with Crippen LogP contribution in [0, 0.1) is 13.8 Å². The zero-order valence-electron chi connectivity index (χ0n) is 9.16. The van der Waals surface area contributed by atoms with Gasteiger partial charge in [-0.3, -0.25) is 0 Å². The summed E-state index contributed by atoms with van der Waals surface area (Å²) in [6, 6.07) is 5.99. The molecule has 15 heavy (non-hydrogen) atoms. The number of fused-ring (bicyclic) bond motifs is 1. The standard InChI is InChI=1S/C12H14N2O/c1-7-4-5-10(15-3)11-9(7)6-8(2)12(13)14-11/h4-6H,1-3H3,(H2,13,14). The predicted octanol–water partition coefficient (Wildman–Crippen LogP) is 2.44. The largest absolute Gasteiger partial charge is 0.494 e. The topological polar surface area (TPSA) is 48.1 Å². The first-order chi connectivity index (χ1) is 7.13. The van der Waals surface area contributed by atoms with E-state index in [2.05, 4.69) is 18.0 Å². The number of hydrogen-bond acceptors (Lipinski definition) is 3. The molecule has 1 heterocycles. The summed E-state index contributed by atoms with van der Waals surface area (Å²) in [6.45, 7) is 4.01. The van der Waals surface area contributed by atoms with E-state index in [0.29, 0.717) is 5.82 Å². The van der Waals surface area contributed by atoms with E-state index in [4.69, 9.17) is 10.5 Å². The molecule has 3 nitrogen and oxygen atoms in total. The monoisotopic (exact) mass is 202 g/mol. The minimum atomic E-state index is 0.561. The van der Waals surface area contributed by atoms with Crippen LogP contribution in [-0.4, -0.2) is 12.1 Å².